The quantitative estimate of drug-likeness (QED) is 0.491. The average Bonchev–Trinajstić information content (AvgIpc) is 3.17. The van der Waals surface area contributed by atoms with E-state index in [0.29, 0.717) is 18.7 Å². The first kappa shape index (κ1) is 18.0. The zero-order valence-corrected chi connectivity index (χ0v) is 16.0. The van der Waals surface area contributed by atoms with Gasteiger partial charge in [-0.2, -0.15) is 0 Å². The maximum Gasteiger partial charge on any atom is 0.224 e. The zero-order valence-electron chi connectivity index (χ0n) is 16.0. The van der Waals surface area contributed by atoms with Crippen molar-refractivity contribution in [3.63, 3.8) is 0 Å². The normalized spacial score (nSPS) is 10.9. The van der Waals surface area contributed by atoms with Crippen LogP contribution in [0.1, 0.15) is 23.4 Å². The number of benzene rings is 3. The molecule has 0 aliphatic heterocycles. The molecule has 1 aromatic heterocycles. The molecule has 0 spiro atoms. The molecule has 4 nitrogen and oxygen atoms in total. The lowest BCUT2D eigenvalue weighted by Gasteiger charge is -2.06. The Hall–Kier alpha value is -3.40. The summed E-state index contributed by atoms with van der Waals surface area (Å²) in [4.78, 5) is 16.6. The number of fused-ring (bicyclic) bond motifs is 1. The zero-order chi connectivity index (χ0) is 19.5. The SMILES string of the molecule is Cc1ccc(-c2cnc(CCC(=O)Nc3ccc4ccccc4c3)o2)cc1C. The molecular formula is C24H22N2O2. The molecule has 0 saturated heterocycles. The van der Waals surface area contributed by atoms with Crippen LogP contribution in [0.5, 0.6) is 0 Å². The Kier molecular flexibility index (Phi) is 4.94. The molecule has 4 rings (SSSR count). The van der Waals surface area contributed by atoms with Gasteiger partial charge in [-0.15, -0.1) is 0 Å². The van der Waals surface area contributed by atoms with E-state index in [0.717, 1.165) is 27.8 Å². The van der Waals surface area contributed by atoms with Gasteiger partial charge in [0.25, 0.3) is 0 Å². The van der Waals surface area contributed by atoms with Crippen LogP contribution in [0.4, 0.5) is 5.69 Å². The maximum atomic E-state index is 12.3. The monoisotopic (exact) mass is 370 g/mol. The van der Waals surface area contributed by atoms with Crippen LogP contribution < -0.4 is 5.32 Å². The number of amides is 1. The highest BCUT2D eigenvalue weighted by atomic mass is 16.4. The predicted octanol–water partition coefficient (Wildman–Crippen LogP) is 5.68. The van der Waals surface area contributed by atoms with Crippen molar-refractivity contribution in [1.82, 2.24) is 4.98 Å². The number of oxazole rings is 1. The third kappa shape index (κ3) is 3.96. The van der Waals surface area contributed by atoms with E-state index < -0.39 is 0 Å². The molecule has 0 fully saturated rings. The Morgan fingerprint density at radius 1 is 0.964 bits per heavy atom. The predicted molar refractivity (Wildman–Crippen MR) is 112 cm³/mol. The second-order valence-electron chi connectivity index (χ2n) is 7.03. The van der Waals surface area contributed by atoms with E-state index in [4.69, 9.17) is 4.42 Å². The first-order valence-electron chi connectivity index (χ1n) is 9.39. The molecule has 0 aliphatic carbocycles. The Morgan fingerprint density at radius 2 is 1.79 bits per heavy atom. The number of hydrogen-bond acceptors (Lipinski definition) is 3. The highest BCUT2D eigenvalue weighted by molar-refractivity contribution is 5.94. The van der Waals surface area contributed by atoms with Crippen molar-refractivity contribution >= 4 is 22.4 Å². The number of rotatable bonds is 5. The van der Waals surface area contributed by atoms with Crippen LogP contribution in [-0.4, -0.2) is 10.9 Å². The number of aryl methyl sites for hydroxylation is 3. The molecular weight excluding hydrogens is 348 g/mol. The van der Waals surface area contributed by atoms with Crippen LogP contribution in [0.25, 0.3) is 22.1 Å². The minimum Gasteiger partial charge on any atom is -0.441 e. The number of aromatic nitrogens is 1. The topological polar surface area (TPSA) is 55.1 Å². The fourth-order valence-electron chi connectivity index (χ4n) is 3.17. The van der Waals surface area contributed by atoms with Crippen molar-refractivity contribution < 1.29 is 9.21 Å². The van der Waals surface area contributed by atoms with Crippen LogP contribution in [0, 0.1) is 13.8 Å². The highest BCUT2D eigenvalue weighted by Gasteiger charge is 2.10. The summed E-state index contributed by atoms with van der Waals surface area (Å²) in [5.74, 6) is 1.25. The second kappa shape index (κ2) is 7.69. The average molecular weight is 370 g/mol. The maximum absolute atomic E-state index is 12.3. The fraction of sp³-hybridized carbons (Fsp3) is 0.167. The van der Waals surface area contributed by atoms with Crippen molar-refractivity contribution in [2.75, 3.05) is 5.32 Å². The molecule has 4 aromatic rings. The fourth-order valence-corrected chi connectivity index (χ4v) is 3.17. The van der Waals surface area contributed by atoms with Gasteiger partial charge in [0.05, 0.1) is 6.20 Å². The number of carbonyl (C=O) groups excluding carboxylic acids is 1. The van der Waals surface area contributed by atoms with Crippen LogP contribution in [0.15, 0.2) is 71.3 Å². The molecule has 3 aromatic carbocycles. The minimum absolute atomic E-state index is 0.0544. The van der Waals surface area contributed by atoms with Crippen LogP contribution in [-0.2, 0) is 11.2 Å². The summed E-state index contributed by atoms with van der Waals surface area (Å²) < 4.78 is 5.83. The standard InChI is InChI=1S/C24H22N2O2/c1-16-7-8-20(13-17(16)2)22-15-25-24(28-22)12-11-23(27)26-21-10-9-18-5-3-4-6-19(18)14-21/h3-10,13-15H,11-12H2,1-2H3,(H,26,27). The number of hydrogen-bond donors (Lipinski definition) is 1. The molecule has 0 saturated carbocycles. The lowest BCUT2D eigenvalue weighted by atomic mass is 10.1. The number of anilines is 1. The van der Waals surface area contributed by atoms with E-state index in [1.807, 2.05) is 42.5 Å². The molecule has 0 radical (unpaired) electrons. The largest absolute Gasteiger partial charge is 0.441 e. The summed E-state index contributed by atoms with van der Waals surface area (Å²) in [6.45, 7) is 4.16. The molecule has 4 heteroatoms. The summed E-state index contributed by atoms with van der Waals surface area (Å²) in [5, 5.41) is 5.20. The van der Waals surface area contributed by atoms with E-state index in [-0.39, 0.29) is 5.91 Å². The third-order valence-electron chi connectivity index (χ3n) is 4.94. The van der Waals surface area contributed by atoms with Crippen LogP contribution in [0.2, 0.25) is 0 Å². The summed E-state index contributed by atoms with van der Waals surface area (Å²) in [6, 6.07) is 20.2. The lowest BCUT2D eigenvalue weighted by molar-refractivity contribution is -0.116. The molecule has 28 heavy (non-hydrogen) atoms. The molecule has 0 atom stereocenters. The van der Waals surface area contributed by atoms with Crippen molar-refractivity contribution in [1.29, 1.82) is 0 Å². The van der Waals surface area contributed by atoms with Crippen LogP contribution >= 0.6 is 0 Å². The Labute approximate surface area is 164 Å². The highest BCUT2D eigenvalue weighted by Crippen LogP contribution is 2.24. The van der Waals surface area contributed by atoms with Gasteiger partial charge in [0.15, 0.2) is 11.7 Å². The molecule has 0 unspecified atom stereocenters. The van der Waals surface area contributed by atoms with Gasteiger partial charge in [-0.25, -0.2) is 4.98 Å². The van der Waals surface area contributed by atoms with Gasteiger partial charge in [-0.3, -0.25) is 4.79 Å². The second-order valence-corrected chi connectivity index (χ2v) is 7.03. The van der Waals surface area contributed by atoms with Gasteiger partial charge >= 0.3 is 0 Å². The molecule has 1 amide bonds. The van der Waals surface area contributed by atoms with E-state index in [2.05, 4.69) is 42.3 Å². The minimum atomic E-state index is -0.0544. The molecule has 1 N–H and O–H groups in total. The van der Waals surface area contributed by atoms with Crippen LogP contribution in [0.3, 0.4) is 0 Å². The van der Waals surface area contributed by atoms with Crippen molar-refractivity contribution in [3.05, 3.63) is 83.9 Å². The summed E-state index contributed by atoms with van der Waals surface area (Å²) in [6.07, 6.45) is 2.50. The first-order valence-corrected chi connectivity index (χ1v) is 9.39. The van der Waals surface area contributed by atoms with Gasteiger partial charge < -0.3 is 9.73 Å². The first-order chi connectivity index (χ1) is 13.6. The number of nitrogens with zero attached hydrogens (tertiary/aromatic N) is 1. The van der Waals surface area contributed by atoms with Crippen molar-refractivity contribution in [2.45, 2.75) is 26.7 Å². The van der Waals surface area contributed by atoms with E-state index >= 15 is 0 Å². The van der Waals surface area contributed by atoms with Gasteiger partial charge in [0.1, 0.15) is 0 Å². The van der Waals surface area contributed by atoms with Gasteiger partial charge in [0.2, 0.25) is 5.91 Å². The van der Waals surface area contributed by atoms with Gasteiger partial charge in [0, 0.05) is 24.1 Å². The molecule has 140 valence electrons. The van der Waals surface area contributed by atoms with Gasteiger partial charge in [-0.1, -0.05) is 42.5 Å². The Bertz CT molecular complexity index is 1140. The van der Waals surface area contributed by atoms with Gasteiger partial charge in [-0.05, 0) is 53.9 Å². The lowest BCUT2D eigenvalue weighted by Crippen LogP contribution is -2.12. The van der Waals surface area contributed by atoms with E-state index in [1.54, 1.807) is 6.20 Å². The summed E-state index contributed by atoms with van der Waals surface area (Å²) in [5.41, 5.74) is 4.26. The summed E-state index contributed by atoms with van der Waals surface area (Å²) >= 11 is 0. The molecule has 1 heterocycles. The van der Waals surface area contributed by atoms with Crippen molar-refractivity contribution in [3.8, 4) is 11.3 Å². The van der Waals surface area contributed by atoms with E-state index in [1.165, 1.54) is 11.1 Å². The summed E-state index contributed by atoms with van der Waals surface area (Å²) in [7, 11) is 0. The third-order valence-corrected chi connectivity index (χ3v) is 4.94. The smallest absolute Gasteiger partial charge is 0.224 e. The number of carbonyl (C=O) groups is 1. The molecule has 0 bridgehead atoms. The number of nitrogens with one attached hydrogen (secondary N) is 1. The van der Waals surface area contributed by atoms with Crippen molar-refractivity contribution in [2.24, 2.45) is 0 Å². The Balaban J connectivity index is 1.38. The Morgan fingerprint density at radius 3 is 2.61 bits per heavy atom. The molecule has 0 aliphatic rings. The van der Waals surface area contributed by atoms with E-state index in [9.17, 15) is 4.79 Å².